The third-order valence-electron chi connectivity index (χ3n) is 3.19. The number of hydrogen-bond acceptors (Lipinski definition) is 1. The minimum atomic E-state index is -2.60. The Morgan fingerprint density at radius 2 is 1.88 bits per heavy atom. The van der Waals surface area contributed by atoms with Gasteiger partial charge in [0.25, 0.3) is 12.0 Å². The van der Waals surface area contributed by atoms with E-state index in [1.165, 1.54) is 17.5 Å². The molecule has 1 aromatic heterocycles. The van der Waals surface area contributed by atoms with Gasteiger partial charge < -0.3 is 0 Å². The predicted molar refractivity (Wildman–Crippen MR) is 56.7 cm³/mol. The molecule has 1 N–H and O–H groups in total. The number of hydrogen-bond donors (Lipinski definition) is 1. The summed E-state index contributed by atoms with van der Waals surface area (Å²) in [6.45, 7) is 0. The highest BCUT2D eigenvalue weighted by Crippen LogP contribution is 2.26. The third kappa shape index (κ3) is 2.33. The van der Waals surface area contributed by atoms with Crippen LogP contribution in [0.2, 0.25) is 0 Å². The molecule has 1 saturated carbocycles. The molecule has 5 heteroatoms. The average molecular weight is 230 g/mol. The van der Waals surface area contributed by atoms with Gasteiger partial charge in [0.05, 0.1) is 6.04 Å². The molecule has 0 spiro atoms. The Morgan fingerprint density at radius 3 is 2.38 bits per heavy atom. The summed E-state index contributed by atoms with van der Waals surface area (Å²) in [7, 11) is 0. The lowest BCUT2D eigenvalue weighted by Gasteiger charge is -2.14. The minimum absolute atomic E-state index is 0.0718. The first kappa shape index (κ1) is 11.4. The van der Waals surface area contributed by atoms with Gasteiger partial charge in [-0.3, -0.25) is 9.89 Å². The largest absolute Gasteiger partial charge is 0.294 e. The van der Waals surface area contributed by atoms with E-state index in [-0.39, 0.29) is 17.3 Å². The van der Waals surface area contributed by atoms with Crippen molar-refractivity contribution in [3.05, 3.63) is 22.1 Å². The van der Waals surface area contributed by atoms with Crippen molar-refractivity contribution in [2.75, 3.05) is 0 Å². The molecule has 1 heterocycles. The van der Waals surface area contributed by atoms with E-state index in [1.807, 2.05) is 0 Å². The Hall–Kier alpha value is -1.13. The van der Waals surface area contributed by atoms with Crippen molar-refractivity contribution in [1.29, 1.82) is 0 Å². The van der Waals surface area contributed by atoms with E-state index in [9.17, 15) is 13.6 Å². The fourth-order valence-electron chi connectivity index (χ4n) is 2.33. The molecule has 0 aliphatic heterocycles. The third-order valence-corrected chi connectivity index (χ3v) is 3.19. The molecule has 16 heavy (non-hydrogen) atoms. The second-order valence-corrected chi connectivity index (χ2v) is 4.37. The summed E-state index contributed by atoms with van der Waals surface area (Å²) in [6, 6.07) is 1.08. The molecule has 0 atom stereocenters. The van der Waals surface area contributed by atoms with Crippen LogP contribution in [0, 0.1) is 0 Å². The molecule has 0 unspecified atom stereocenters. The summed E-state index contributed by atoms with van der Waals surface area (Å²) in [5, 5.41) is 2.53. The molecule has 1 fully saturated rings. The van der Waals surface area contributed by atoms with Crippen molar-refractivity contribution in [3.8, 4) is 0 Å². The van der Waals surface area contributed by atoms with Crippen LogP contribution in [0.1, 0.15) is 56.7 Å². The number of rotatable bonds is 2. The van der Waals surface area contributed by atoms with Crippen molar-refractivity contribution in [2.24, 2.45) is 0 Å². The highest BCUT2D eigenvalue weighted by molar-refractivity contribution is 5.01. The monoisotopic (exact) mass is 230 g/mol. The van der Waals surface area contributed by atoms with Crippen LogP contribution in [-0.2, 0) is 0 Å². The zero-order valence-electron chi connectivity index (χ0n) is 9.09. The van der Waals surface area contributed by atoms with Gasteiger partial charge in [-0.2, -0.15) is 0 Å². The van der Waals surface area contributed by atoms with Gasteiger partial charge in [0.1, 0.15) is 5.69 Å². The van der Waals surface area contributed by atoms with E-state index in [2.05, 4.69) is 5.10 Å². The van der Waals surface area contributed by atoms with E-state index in [4.69, 9.17) is 0 Å². The quantitative estimate of drug-likeness (QED) is 0.779. The number of aromatic amines is 1. The van der Waals surface area contributed by atoms with E-state index in [1.54, 1.807) is 0 Å². The second-order valence-electron chi connectivity index (χ2n) is 4.37. The SMILES string of the molecule is O=c1cc(C(F)F)[nH]n1C1CCCCCC1. The van der Waals surface area contributed by atoms with E-state index in [0.29, 0.717) is 0 Å². The van der Waals surface area contributed by atoms with Crippen molar-refractivity contribution >= 4 is 0 Å². The highest BCUT2D eigenvalue weighted by Gasteiger charge is 2.19. The second kappa shape index (κ2) is 4.80. The molecule has 90 valence electrons. The zero-order valence-corrected chi connectivity index (χ0v) is 9.09. The molecule has 0 amide bonds. The number of H-pyrrole nitrogens is 1. The van der Waals surface area contributed by atoms with Gasteiger partial charge in [-0.1, -0.05) is 25.7 Å². The minimum Gasteiger partial charge on any atom is -0.294 e. The van der Waals surface area contributed by atoms with Gasteiger partial charge in [-0.05, 0) is 12.8 Å². The summed E-state index contributed by atoms with van der Waals surface area (Å²) < 4.78 is 26.2. The van der Waals surface area contributed by atoms with E-state index in [0.717, 1.165) is 31.7 Å². The maximum Gasteiger partial charge on any atom is 0.279 e. The first-order chi connectivity index (χ1) is 7.68. The lowest BCUT2D eigenvalue weighted by Crippen LogP contribution is -2.21. The van der Waals surface area contributed by atoms with Crippen LogP contribution < -0.4 is 5.56 Å². The molecular weight excluding hydrogens is 214 g/mol. The van der Waals surface area contributed by atoms with Crippen molar-refractivity contribution in [3.63, 3.8) is 0 Å². The summed E-state index contributed by atoms with van der Waals surface area (Å²) in [6.07, 6.45) is 3.70. The van der Waals surface area contributed by atoms with Gasteiger partial charge in [-0.15, -0.1) is 0 Å². The number of halogens is 2. The molecule has 0 radical (unpaired) electrons. The van der Waals surface area contributed by atoms with Gasteiger partial charge in [0.2, 0.25) is 0 Å². The Balaban J connectivity index is 2.21. The van der Waals surface area contributed by atoms with Crippen LogP contribution in [0.15, 0.2) is 10.9 Å². The normalized spacial score (nSPS) is 18.9. The molecule has 1 aliphatic carbocycles. The molecule has 0 saturated heterocycles. The number of nitrogens with one attached hydrogen (secondary N) is 1. The van der Waals surface area contributed by atoms with E-state index >= 15 is 0 Å². The van der Waals surface area contributed by atoms with Crippen LogP contribution in [-0.4, -0.2) is 9.78 Å². The number of alkyl halides is 2. The van der Waals surface area contributed by atoms with Crippen LogP contribution in [0.3, 0.4) is 0 Å². The van der Waals surface area contributed by atoms with Gasteiger partial charge in [0, 0.05) is 6.07 Å². The van der Waals surface area contributed by atoms with Gasteiger partial charge in [-0.25, -0.2) is 13.5 Å². The molecule has 1 aliphatic rings. The van der Waals surface area contributed by atoms with E-state index < -0.39 is 6.43 Å². The predicted octanol–water partition coefficient (Wildman–Crippen LogP) is 3.01. The lowest BCUT2D eigenvalue weighted by molar-refractivity contribution is 0.144. The smallest absolute Gasteiger partial charge is 0.279 e. The topological polar surface area (TPSA) is 37.8 Å². The Morgan fingerprint density at radius 1 is 1.25 bits per heavy atom. The molecule has 1 aromatic rings. The van der Waals surface area contributed by atoms with Gasteiger partial charge in [0.15, 0.2) is 0 Å². The lowest BCUT2D eigenvalue weighted by atomic mass is 10.1. The van der Waals surface area contributed by atoms with Crippen LogP contribution in [0.4, 0.5) is 8.78 Å². The maximum atomic E-state index is 12.4. The maximum absolute atomic E-state index is 12.4. The molecule has 0 aromatic carbocycles. The van der Waals surface area contributed by atoms with Gasteiger partial charge >= 0.3 is 0 Å². The highest BCUT2D eigenvalue weighted by atomic mass is 19.3. The van der Waals surface area contributed by atoms with Crippen molar-refractivity contribution in [1.82, 2.24) is 9.78 Å². The average Bonchev–Trinajstić information content (AvgIpc) is 2.50. The summed E-state index contributed by atoms with van der Waals surface area (Å²) in [5.41, 5.74) is -0.601. The molecular formula is C11H16F2N2O. The number of nitrogens with zero attached hydrogens (tertiary/aromatic N) is 1. The fourth-order valence-corrected chi connectivity index (χ4v) is 2.33. The fraction of sp³-hybridized carbons (Fsp3) is 0.727. The van der Waals surface area contributed by atoms with Crippen molar-refractivity contribution in [2.45, 2.75) is 51.0 Å². The molecule has 2 rings (SSSR count). The van der Waals surface area contributed by atoms with Crippen LogP contribution >= 0.6 is 0 Å². The molecule has 3 nitrogen and oxygen atoms in total. The molecule has 0 bridgehead atoms. The Kier molecular flexibility index (Phi) is 3.41. The zero-order chi connectivity index (χ0) is 11.5. The standard InChI is InChI=1S/C11H16F2N2O/c12-11(13)9-7-10(16)15(14-9)8-5-3-1-2-4-6-8/h7-8,11,14H,1-6H2. The number of aromatic nitrogens is 2. The van der Waals surface area contributed by atoms with Crippen LogP contribution in [0.5, 0.6) is 0 Å². The summed E-state index contributed by atoms with van der Waals surface area (Å²) in [4.78, 5) is 11.6. The summed E-state index contributed by atoms with van der Waals surface area (Å²) >= 11 is 0. The summed E-state index contributed by atoms with van der Waals surface area (Å²) in [5.74, 6) is 0. The first-order valence-electron chi connectivity index (χ1n) is 5.78. The van der Waals surface area contributed by atoms with Crippen molar-refractivity contribution < 1.29 is 8.78 Å². The Labute approximate surface area is 92.4 Å². The Bertz CT molecular complexity index is 389. The first-order valence-corrected chi connectivity index (χ1v) is 5.78. The van der Waals surface area contributed by atoms with Crippen LogP contribution in [0.25, 0.3) is 0 Å².